The van der Waals surface area contributed by atoms with Crippen molar-refractivity contribution in [1.82, 2.24) is 4.98 Å². The van der Waals surface area contributed by atoms with Crippen LogP contribution in [-0.4, -0.2) is 4.98 Å². The van der Waals surface area contributed by atoms with Crippen LogP contribution >= 0.6 is 43.5 Å². The Morgan fingerprint density at radius 1 is 1.00 bits per heavy atom. The first-order valence-corrected chi connectivity index (χ1v) is 8.37. The minimum Gasteiger partial charge on any atom is -0.455 e. The van der Waals surface area contributed by atoms with Gasteiger partial charge >= 0.3 is 0 Å². The van der Waals surface area contributed by atoms with Gasteiger partial charge in [-0.3, -0.25) is 4.98 Å². The van der Waals surface area contributed by atoms with Crippen LogP contribution in [0.3, 0.4) is 0 Å². The van der Waals surface area contributed by atoms with Crippen LogP contribution in [0.1, 0.15) is 5.69 Å². The third kappa shape index (κ3) is 3.23. The number of ether oxygens (including phenoxy) is 1. The van der Waals surface area contributed by atoms with Gasteiger partial charge in [-0.1, -0.05) is 28.1 Å². The van der Waals surface area contributed by atoms with Crippen molar-refractivity contribution in [2.75, 3.05) is 0 Å². The molecule has 21 heavy (non-hydrogen) atoms. The fourth-order valence-corrected chi connectivity index (χ4v) is 3.29. The largest absolute Gasteiger partial charge is 0.455 e. The Hall–Kier alpha value is -1.10. The van der Waals surface area contributed by atoms with E-state index in [1.165, 1.54) is 0 Å². The lowest BCUT2D eigenvalue weighted by Gasteiger charge is -2.11. The van der Waals surface area contributed by atoms with E-state index in [1.807, 2.05) is 48.5 Å². The van der Waals surface area contributed by atoms with Crippen LogP contribution in [0.5, 0.6) is 11.5 Å². The summed E-state index contributed by atoms with van der Waals surface area (Å²) in [5.74, 6) is 1.84. The van der Waals surface area contributed by atoms with Crippen molar-refractivity contribution in [2.45, 2.75) is 5.88 Å². The van der Waals surface area contributed by atoms with Crippen molar-refractivity contribution in [3.8, 4) is 11.5 Å². The maximum atomic E-state index is 6.05. The quantitative estimate of drug-likeness (QED) is 0.458. The molecule has 0 N–H and O–H groups in total. The molecule has 0 aliphatic heterocycles. The second-order valence-electron chi connectivity index (χ2n) is 4.44. The lowest BCUT2D eigenvalue weighted by Crippen LogP contribution is -1.92. The maximum Gasteiger partial charge on any atom is 0.141 e. The van der Waals surface area contributed by atoms with E-state index in [0.717, 1.165) is 37.0 Å². The molecule has 0 spiro atoms. The summed E-state index contributed by atoms with van der Waals surface area (Å²) in [4.78, 5) is 4.50. The summed E-state index contributed by atoms with van der Waals surface area (Å²) in [5, 5.41) is 0.959. The fourth-order valence-electron chi connectivity index (χ4n) is 2.02. The highest BCUT2D eigenvalue weighted by molar-refractivity contribution is 9.11. The third-order valence-corrected chi connectivity index (χ3v) is 4.37. The number of benzene rings is 2. The van der Waals surface area contributed by atoms with E-state index in [4.69, 9.17) is 16.3 Å². The highest BCUT2D eigenvalue weighted by atomic mass is 79.9. The van der Waals surface area contributed by atoms with Crippen LogP contribution in [0.25, 0.3) is 10.9 Å². The number of nitrogens with zero attached hydrogens (tertiary/aromatic N) is 1. The SMILES string of the molecule is ClCc1cc(Oc2ccc(Br)cc2Br)c2ccccc2n1. The third-order valence-electron chi connectivity index (χ3n) is 2.98. The molecule has 0 amide bonds. The zero-order valence-electron chi connectivity index (χ0n) is 10.8. The van der Waals surface area contributed by atoms with Gasteiger partial charge in [0.2, 0.25) is 0 Å². The number of alkyl halides is 1. The molecule has 0 aliphatic carbocycles. The number of rotatable bonds is 3. The average molecular weight is 428 g/mol. The van der Waals surface area contributed by atoms with Crippen molar-refractivity contribution in [3.63, 3.8) is 0 Å². The zero-order valence-corrected chi connectivity index (χ0v) is 14.7. The molecule has 1 aromatic heterocycles. The molecule has 0 fully saturated rings. The van der Waals surface area contributed by atoms with Gasteiger partial charge in [0.1, 0.15) is 11.5 Å². The summed E-state index contributed by atoms with van der Waals surface area (Å²) in [6.07, 6.45) is 0. The van der Waals surface area contributed by atoms with Crippen LogP contribution in [-0.2, 0) is 5.88 Å². The van der Waals surface area contributed by atoms with E-state index in [-0.39, 0.29) is 0 Å². The number of halogens is 3. The van der Waals surface area contributed by atoms with Crippen molar-refractivity contribution >= 4 is 54.4 Å². The Morgan fingerprint density at radius 3 is 2.57 bits per heavy atom. The molecule has 0 saturated carbocycles. The second-order valence-corrected chi connectivity index (χ2v) is 6.48. The average Bonchev–Trinajstić information content (AvgIpc) is 2.49. The van der Waals surface area contributed by atoms with Crippen LogP contribution < -0.4 is 4.74 Å². The fraction of sp³-hybridized carbons (Fsp3) is 0.0625. The molecule has 0 unspecified atom stereocenters. The van der Waals surface area contributed by atoms with Gasteiger partial charge in [0, 0.05) is 15.9 Å². The molecule has 0 atom stereocenters. The highest BCUT2D eigenvalue weighted by Crippen LogP contribution is 2.35. The summed E-state index contributed by atoms with van der Waals surface area (Å²) in [7, 11) is 0. The molecule has 0 radical (unpaired) electrons. The number of hydrogen-bond donors (Lipinski definition) is 0. The number of para-hydroxylation sites is 1. The molecule has 0 bridgehead atoms. The van der Waals surface area contributed by atoms with Gasteiger partial charge in [-0.15, -0.1) is 11.6 Å². The maximum absolute atomic E-state index is 6.05. The minimum absolute atomic E-state index is 0.350. The molecule has 1 heterocycles. The number of fused-ring (bicyclic) bond motifs is 1. The molecule has 5 heteroatoms. The highest BCUT2D eigenvalue weighted by Gasteiger charge is 2.09. The van der Waals surface area contributed by atoms with Gasteiger partial charge in [-0.05, 0) is 46.3 Å². The normalized spacial score (nSPS) is 10.8. The van der Waals surface area contributed by atoms with Gasteiger partial charge in [0.25, 0.3) is 0 Å². The Kier molecular flexibility index (Phi) is 4.48. The molecule has 106 valence electrons. The topological polar surface area (TPSA) is 22.1 Å². The molecule has 2 aromatic carbocycles. The monoisotopic (exact) mass is 425 g/mol. The summed E-state index contributed by atoms with van der Waals surface area (Å²) >= 11 is 12.9. The van der Waals surface area contributed by atoms with Gasteiger partial charge in [0.05, 0.1) is 21.6 Å². The first-order valence-electron chi connectivity index (χ1n) is 6.25. The smallest absolute Gasteiger partial charge is 0.141 e. The molecule has 3 aromatic rings. The van der Waals surface area contributed by atoms with Crippen molar-refractivity contribution in [2.24, 2.45) is 0 Å². The van der Waals surface area contributed by atoms with E-state index in [0.29, 0.717) is 5.88 Å². The van der Waals surface area contributed by atoms with E-state index < -0.39 is 0 Å². The summed E-state index contributed by atoms with van der Waals surface area (Å²) in [5.41, 5.74) is 1.66. The molecular weight excluding hydrogens is 417 g/mol. The van der Waals surface area contributed by atoms with Gasteiger partial charge < -0.3 is 4.74 Å². The molecule has 0 aliphatic rings. The number of hydrogen-bond acceptors (Lipinski definition) is 2. The predicted octanol–water partition coefficient (Wildman–Crippen LogP) is 6.29. The van der Waals surface area contributed by atoms with Gasteiger partial charge in [-0.25, -0.2) is 0 Å². The van der Waals surface area contributed by atoms with Crippen LogP contribution in [0.4, 0.5) is 0 Å². The van der Waals surface area contributed by atoms with E-state index in [1.54, 1.807) is 0 Å². The zero-order chi connectivity index (χ0) is 14.8. The predicted molar refractivity (Wildman–Crippen MR) is 93.2 cm³/mol. The Bertz CT molecular complexity index is 807. The van der Waals surface area contributed by atoms with Crippen molar-refractivity contribution in [1.29, 1.82) is 0 Å². The standard InChI is InChI=1S/C16H10Br2ClNO/c17-10-5-6-15(13(18)7-10)21-16-8-11(9-19)20-14-4-2-1-3-12(14)16/h1-8H,9H2. The molecule has 2 nitrogen and oxygen atoms in total. The van der Waals surface area contributed by atoms with Crippen LogP contribution in [0.15, 0.2) is 57.5 Å². The first-order chi connectivity index (χ1) is 10.2. The first kappa shape index (κ1) is 14.8. The Morgan fingerprint density at radius 2 is 1.81 bits per heavy atom. The number of aromatic nitrogens is 1. The minimum atomic E-state index is 0.350. The van der Waals surface area contributed by atoms with Crippen LogP contribution in [0.2, 0.25) is 0 Å². The van der Waals surface area contributed by atoms with Gasteiger partial charge in [-0.2, -0.15) is 0 Å². The van der Waals surface area contributed by atoms with E-state index in [9.17, 15) is 0 Å². The van der Waals surface area contributed by atoms with E-state index >= 15 is 0 Å². The summed E-state index contributed by atoms with van der Waals surface area (Å²) in [6.45, 7) is 0. The van der Waals surface area contributed by atoms with Gasteiger partial charge in [0.15, 0.2) is 0 Å². The lowest BCUT2D eigenvalue weighted by molar-refractivity contribution is 0.484. The molecule has 3 rings (SSSR count). The molecule has 0 saturated heterocycles. The van der Waals surface area contributed by atoms with Crippen LogP contribution in [0, 0.1) is 0 Å². The Balaban J connectivity index is 2.10. The summed E-state index contributed by atoms with van der Waals surface area (Å²) in [6, 6.07) is 15.5. The van der Waals surface area contributed by atoms with Crippen molar-refractivity contribution < 1.29 is 4.74 Å². The molecular formula is C16H10Br2ClNO. The Labute approximate surface area is 144 Å². The second kappa shape index (κ2) is 6.34. The van der Waals surface area contributed by atoms with E-state index in [2.05, 4.69) is 36.8 Å². The van der Waals surface area contributed by atoms with Crippen molar-refractivity contribution in [3.05, 3.63) is 63.2 Å². The lowest BCUT2D eigenvalue weighted by atomic mass is 10.2. The number of pyridine rings is 1. The summed E-state index contributed by atoms with van der Waals surface area (Å²) < 4.78 is 7.92.